The largest absolute Gasteiger partial charge is 0.354 e. The van der Waals surface area contributed by atoms with Crippen molar-refractivity contribution in [2.75, 3.05) is 13.1 Å². The first-order valence-electron chi connectivity index (χ1n) is 12.3. The molecule has 6 heteroatoms. The Morgan fingerprint density at radius 3 is 1.17 bits per heavy atom. The van der Waals surface area contributed by atoms with Crippen molar-refractivity contribution in [3.63, 3.8) is 0 Å². The molecule has 0 aromatic heterocycles. The van der Waals surface area contributed by atoms with Gasteiger partial charge in [0, 0.05) is 25.2 Å². The first kappa shape index (κ1) is 30.5. The molecule has 0 aromatic carbocycles. The second-order valence-electron chi connectivity index (χ2n) is 8.81. The molecule has 178 valence electrons. The van der Waals surface area contributed by atoms with Gasteiger partial charge in [-0.1, -0.05) is 102 Å². The standard InChI is InChI=1S/C24H48N2S4/c1-7-9-11-13-15-17-19-25(21(3)4)23(27)29-30-24(28)26(22(5)6)20-18-16-14-12-10-8-2/h21-22H,7-20H2,1-6H3. The van der Waals surface area contributed by atoms with Gasteiger partial charge in [0.05, 0.1) is 0 Å². The zero-order valence-electron chi connectivity index (χ0n) is 20.6. The van der Waals surface area contributed by atoms with E-state index in [-0.39, 0.29) is 0 Å². The highest BCUT2D eigenvalue weighted by Gasteiger charge is 2.18. The summed E-state index contributed by atoms with van der Waals surface area (Å²) in [7, 11) is 3.36. The lowest BCUT2D eigenvalue weighted by atomic mass is 10.1. The lowest BCUT2D eigenvalue weighted by molar-refractivity contribution is 0.349. The van der Waals surface area contributed by atoms with Gasteiger partial charge in [-0.05, 0) is 62.1 Å². The van der Waals surface area contributed by atoms with Gasteiger partial charge in [-0.2, -0.15) is 0 Å². The molecule has 0 rings (SSSR count). The summed E-state index contributed by atoms with van der Waals surface area (Å²) < 4.78 is 1.96. The summed E-state index contributed by atoms with van der Waals surface area (Å²) in [5.74, 6) is 0. The van der Waals surface area contributed by atoms with Crippen molar-refractivity contribution in [2.24, 2.45) is 0 Å². The highest BCUT2D eigenvalue weighted by molar-refractivity contribution is 8.89. The quantitative estimate of drug-likeness (QED) is 0.119. The SMILES string of the molecule is CCCCCCCCN(C(=S)SSC(=S)N(CCCCCCCC)C(C)C)C(C)C. The number of hydrogen-bond acceptors (Lipinski definition) is 4. The Morgan fingerprint density at radius 1 is 0.567 bits per heavy atom. The smallest absolute Gasteiger partial charge is 0.147 e. The molecule has 2 nitrogen and oxygen atoms in total. The van der Waals surface area contributed by atoms with Gasteiger partial charge in [-0.15, -0.1) is 0 Å². The summed E-state index contributed by atoms with van der Waals surface area (Å²) in [5.41, 5.74) is 0. The van der Waals surface area contributed by atoms with Gasteiger partial charge < -0.3 is 9.80 Å². The maximum atomic E-state index is 5.78. The average Bonchev–Trinajstić information content (AvgIpc) is 2.70. The fourth-order valence-electron chi connectivity index (χ4n) is 3.41. The van der Waals surface area contributed by atoms with Crippen LogP contribution in [0.1, 0.15) is 119 Å². The van der Waals surface area contributed by atoms with E-state index in [1.165, 1.54) is 77.0 Å². The monoisotopic (exact) mass is 492 g/mol. The number of thiocarbonyl (C=S) groups is 2. The summed E-state index contributed by atoms with van der Waals surface area (Å²) in [6.45, 7) is 15.6. The first-order valence-corrected chi connectivity index (χ1v) is 15.3. The van der Waals surface area contributed by atoms with Crippen LogP contribution in [-0.4, -0.2) is 43.6 Å². The third kappa shape index (κ3) is 15.3. The maximum Gasteiger partial charge on any atom is 0.147 e. The van der Waals surface area contributed by atoms with E-state index in [9.17, 15) is 0 Å². The fraction of sp³-hybridized carbons (Fsp3) is 0.917. The van der Waals surface area contributed by atoms with Crippen LogP contribution >= 0.6 is 46.0 Å². The van der Waals surface area contributed by atoms with Crippen LogP contribution in [0.25, 0.3) is 0 Å². The molecule has 0 saturated heterocycles. The van der Waals surface area contributed by atoms with E-state index in [0.29, 0.717) is 12.1 Å². The first-order chi connectivity index (χ1) is 14.3. The molecule has 0 heterocycles. The molecule has 0 aromatic rings. The van der Waals surface area contributed by atoms with Crippen LogP contribution in [0.4, 0.5) is 0 Å². The Labute approximate surface area is 207 Å². The summed E-state index contributed by atoms with van der Waals surface area (Å²) in [5, 5.41) is 0. The van der Waals surface area contributed by atoms with E-state index in [1.54, 1.807) is 21.6 Å². The van der Waals surface area contributed by atoms with Gasteiger partial charge in [0.25, 0.3) is 0 Å². The fourth-order valence-corrected chi connectivity index (χ4v) is 6.57. The van der Waals surface area contributed by atoms with Gasteiger partial charge in [0.2, 0.25) is 0 Å². The van der Waals surface area contributed by atoms with E-state index in [1.807, 2.05) is 0 Å². The summed E-state index contributed by atoms with van der Waals surface area (Å²) in [6.07, 6.45) is 15.8. The molecule has 0 amide bonds. The molecule has 30 heavy (non-hydrogen) atoms. The highest BCUT2D eigenvalue weighted by Crippen LogP contribution is 2.30. The van der Waals surface area contributed by atoms with Crippen molar-refractivity contribution in [2.45, 2.75) is 131 Å². The van der Waals surface area contributed by atoms with Crippen molar-refractivity contribution in [3.8, 4) is 0 Å². The average molecular weight is 493 g/mol. The van der Waals surface area contributed by atoms with Crippen LogP contribution in [-0.2, 0) is 0 Å². The molecular formula is C24H48N2S4. The summed E-state index contributed by atoms with van der Waals surface area (Å²) >= 11 is 11.6. The van der Waals surface area contributed by atoms with Crippen LogP contribution in [0.2, 0.25) is 0 Å². The van der Waals surface area contributed by atoms with E-state index < -0.39 is 0 Å². The third-order valence-electron chi connectivity index (χ3n) is 5.41. The molecule has 0 aliphatic rings. The van der Waals surface area contributed by atoms with Gasteiger partial charge in [-0.25, -0.2) is 0 Å². The summed E-state index contributed by atoms with van der Waals surface area (Å²) in [6, 6.07) is 0.887. The van der Waals surface area contributed by atoms with E-state index in [0.717, 1.165) is 21.7 Å². The third-order valence-corrected chi connectivity index (χ3v) is 9.04. The second kappa shape index (κ2) is 20.1. The molecule has 0 saturated carbocycles. The zero-order chi connectivity index (χ0) is 22.8. The Balaban J connectivity index is 4.35. The van der Waals surface area contributed by atoms with E-state index in [2.05, 4.69) is 51.3 Å². The Hall–Kier alpha value is 0.480. The maximum absolute atomic E-state index is 5.78. The predicted octanol–water partition coefficient (Wildman–Crippen LogP) is 9.08. The minimum absolute atomic E-state index is 0.444. The topological polar surface area (TPSA) is 6.48 Å². The van der Waals surface area contributed by atoms with Gasteiger partial charge in [0.15, 0.2) is 0 Å². The number of hydrogen-bond donors (Lipinski definition) is 0. The van der Waals surface area contributed by atoms with Crippen molar-refractivity contribution in [3.05, 3.63) is 0 Å². The number of rotatable bonds is 16. The highest BCUT2D eigenvalue weighted by atomic mass is 33.1. The zero-order valence-corrected chi connectivity index (χ0v) is 23.8. The van der Waals surface area contributed by atoms with E-state index in [4.69, 9.17) is 24.4 Å². The molecule has 0 atom stereocenters. The van der Waals surface area contributed by atoms with Crippen molar-refractivity contribution < 1.29 is 0 Å². The minimum Gasteiger partial charge on any atom is -0.354 e. The predicted molar refractivity (Wildman–Crippen MR) is 151 cm³/mol. The van der Waals surface area contributed by atoms with Gasteiger partial charge in [0.1, 0.15) is 8.64 Å². The molecule has 0 N–H and O–H groups in total. The number of nitrogens with zero attached hydrogens (tertiary/aromatic N) is 2. The van der Waals surface area contributed by atoms with Crippen molar-refractivity contribution in [1.82, 2.24) is 9.80 Å². The van der Waals surface area contributed by atoms with E-state index >= 15 is 0 Å². The molecule has 0 unspecified atom stereocenters. The molecule has 0 aliphatic heterocycles. The van der Waals surface area contributed by atoms with Crippen molar-refractivity contribution >= 4 is 54.7 Å². The molecule has 0 bridgehead atoms. The Bertz CT molecular complexity index is 401. The van der Waals surface area contributed by atoms with Crippen LogP contribution in [0, 0.1) is 0 Å². The Kier molecular flexibility index (Phi) is 20.4. The number of unbranched alkanes of at least 4 members (excludes halogenated alkanes) is 10. The molecule has 0 aliphatic carbocycles. The van der Waals surface area contributed by atoms with Crippen LogP contribution < -0.4 is 0 Å². The molecule has 0 radical (unpaired) electrons. The lowest BCUT2D eigenvalue weighted by Gasteiger charge is -2.31. The van der Waals surface area contributed by atoms with Gasteiger partial charge in [-0.3, -0.25) is 0 Å². The molecule has 0 fully saturated rings. The van der Waals surface area contributed by atoms with Crippen LogP contribution in [0.3, 0.4) is 0 Å². The van der Waals surface area contributed by atoms with Crippen molar-refractivity contribution in [1.29, 1.82) is 0 Å². The second-order valence-corrected chi connectivity index (χ2v) is 12.2. The van der Waals surface area contributed by atoms with Crippen LogP contribution in [0.5, 0.6) is 0 Å². The Morgan fingerprint density at radius 2 is 0.867 bits per heavy atom. The van der Waals surface area contributed by atoms with Gasteiger partial charge >= 0.3 is 0 Å². The molecule has 0 spiro atoms. The lowest BCUT2D eigenvalue weighted by Crippen LogP contribution is -2.36. The normalized spacial score (nSPS) is 11.3. The van der Waals surface area contributed by atoms with Crippen LogP contribution in [0.15, 0.2) is 0 Å². The minimum atomic E-state index is 0.444. The molecular weight excluding hydrogens is 445 g/mol. The summed E-state index contributed by atoms with van der Waals surface area (Å²) in [4.78, 5) is 4.76.